The average molecular weight is 471 g/mol. The molecule has 0 N–H and O–H groups in total. The molecular formula is C18H8BrClF3N3S. The van der Waals surface area contributed by atoms with Crippen LogP contribution in [-0.4, -0.2) is 13.9 Å². The van der Waals surface area contributed by atoms with Crippen LogP contribution in [0.3, 0.4) is 0 Å². The normalized spacial score (nSPS) is 11.3. The lowest BCUT2D eigenvalue weighted by Crippen LogP contribution is -1.94. The molecule has 0 aliphatic carbocycles. The average Bonchev–Trinajstić information content (AvgIpc) is 3.07. The summed E-state index contributed by atoms with van der Waals surface area (Å²) in [5.74, 6) is -1.75. The number of imidazole rings is 1. The van der Waals surface area contributed by atoms with E-state index in [4.69, 9.17) is 11.6 Å². The number of pyridine rings is 1. The molecule has 2 heterocycles. The van der Waals surface area contributed by atoms with Gasteiger partial charge in [0.1, 0.15) is 18.0 Å². The van der Waals surface area contributed by atoms with E-state index in [1.807, 2.05) is 12.1 Å². The Morgan fingerprint density at radius 3 is 2.63 bits per heavy atom. The summed E-state index contributed by atoms with van der Waals surface area (Å²) in [5.41, 5.74) is 1.82. The molecule has 3 nitrogen and oxygen atoms in total. The van der Waals surface area contributed by atoms with Crippen LogP contribution in [0.5, 0.6) is 0 Å². The fourth-order valence-corrected chi connectivity index (χ4v) is 3.65. The lowest BCUT2D eigenvalue weighted by molar-refractivity contribution is 0.585. The number of hydrogen-bond donors (Lipinski definition) is 0. The standard InChI is InChI=1S/C18H8BrClF3N3S/c19-11-4-10-3-9(1-2-16(10)24-7-11)17-18(26(27-23)8-25-17)12-5-13(20)15(22)6-14(12)21/h1-8H. The van der Waals surface area contributed by atoms with Crippen molar-refractivity contribution in [2.24, 2.45) is 0 Å². The summed E-state index contributed by atoms with van der Waals surface area (Å²) in [6, 6.07) is 9.03. The summed E-state index contributed by atoms with van der Waals surface area (Å²) in [7, 11) is 0. The van der Waals surface area contributed by atoms with Gasteiger partial charge in [-0.25, -0.2) is 17.7 Å². The molecule has 2 aromatic heterocycles. The van der Waals surface area contributed by atoms with Crippen molar-refractivity contribution < 1.29 is 12.7 Å². The second-order valence-corrected chi connectivity index (χ2v) is 7.50. The Labute approximate surface area is 169 Å². The van der Waals surface area contributed by atoms with E-state index >= 15 is 0 Å². The minimum atomic E-state index is -0.889. The van der Waals surface area contributed by atoms with Crippen LogP contribution in [0.2, 0.25) is 5.02 Å². The van der Waals surface area contributed by atoms with Crippen molar-refractivity contribution in [3.05, 3.63) is 70.1 Å². The van der Waals surface area contributed by atoms with Crippen LogP contribution in [0.1, 0.15) is 0 Å². The Balaban J connectivity index is 1.96. The maximum atomic E-state index is 14.4. The Hall–Kier alpha value is -2.03. The second kappa shape index (κ2) is 7.18. The van der Waals surface area contributed by atoms with Gasteiger partial charge in [-0.2, -0.15) is 0 Å². The van der Waals surface area contributed by atoms with Crippen molar-refractivity contribution in [1.82, 2.24) is 13.9 Å². The topological polar surface area (TPSA) is 30.7 Å². The van der Waals surface area contributed by atoms with E-state index in [0.717, 1.165) is 25.4 Å². The van der Waals surface area contributed by atoms with Crippen LogP contribution < -0.4 is 0 Å². The Bertz CT molecular complexity index is 1180. The first-order chi connectivity index (χ1) is 13.0. The summed E-state index contributed by atoms with van der Waals surface area (Å²) in [6.45, 7) is 0. The van der Waals surface area contributed by atoms with Gasteiger partial charge in [0.15, 0.2) is 12.3 Å². The van der Waals surface area contributed by atoms with Crippen molar-refractivity contribution >= 4 is 50.8 Å². The molecule has 0 atom stereocenters. The predicted molar refractivity (Wildman–Crippen MR) is 105 cm³/mol. The third kappa shape index (κ3) is 3.33. The quantitative estimate of drug-likeness (QED) is 0.307. The molecule has 0 amide bonds. The fourth-order valence-electron chi connectivity index (χ4n) is 2.80. The highest BCUT2D eigenvalue weighted by atomic mass is 79.9. The largest absolute Gasteiger partial charge is 0.255 e. The first kappa shape index (κ1) is 18.3. The van der Waals surface area contributed by atoms with Crippen molar-refractivity contribution in [2.45, 2.75) is 0 Å². The Morgan fingerprint density at radius 2 is 1.85 bits per heavy atom. The molecule has 0 saturated heterocycles. The number of benzene rings is 2. The van der Waals surface area contributed by atoms with Crippen LogP contribution in [0, 0.1) is 11.6 Å². The van der Waals surface area contributed by atoms with Gasteiger partial charge in [0.25, 0.3) is 0 Å². The molecular weight excluding hydrogens is 463 g/mol. The molecule has 4 rings (SSSR count). The number of nitrogens with zero attached hydrogens (tertiary/aromatic N) is 3. The number of hydrogen-bond acceptors (Lipinski definition) is 3. The van der Waals surface area contributed by atoms with Gasteiger partial charge in [-0.05, 0) is 40.2 Å². The molecule has 136 valence electrons. The third-order valence-electron chi connectivity index (χ3n) is 4.00. The van der Waals surface area contributed by atoms with E-state index < -0.39 is 11.6 Å². The Kier molecular flexibility index (Phi) is 4.88. The van der Waals surface area contributed by atoms with Crippen molar-refractivity contribution in [3.8, 4) is 22.5 Å². The van der Waals surface area contributed by atoms with Crippen LogP contribution in [0.15, 0.2) is 53.4 Å². The molecule has 0 radical (unpaired) electrons. The van der Waals surface area contributed by atoms with Crippen LogP contribution in [0.4, 0.5) is 12.7 Å². The molecule has 0 unspecified atom stereocenters. The summed E-state index contributed by atoms with van der Waals surface area (Å²) in [5, 5.41) is 0.563. The van der Waals surface area contributed by atoms with Gasteiger partial charge in [0.2, 0.25) is 0 Å². The zero-order valence-corrected chi connectivity index (χ0v) is 16.4. The van der Waals surface area contributed by atoms with Crippen molar-refractivity contribution in [2.75, 3.05) is 0 Å². The SMILES string of the molecule is FSn1cnc(-c2ccc3ncc(Br)cc3c2)c1-c1cc(Cl)c(F)cc1F. The molecule has 0 aliphatic rings. The van der Waals surface area contributed by atoms with E-state index in [-0.39, 0.29) is 28.6 Å². The van der Waals surface area contributed by atoms with Gasteiger partial charge in [0, 0.05) is 33.2 Å². The fraction of sp³-hybridized carbons (Fsp3) is 0. The summed E-state index contributed by atoms with van der Waals surface area (Å²) in [4.78, 5) is 8.52. The maximum Gasteiger partial charge on any atom is 0.171 e. The molecule has 2 aromatic carbocycles. The van der Waals surface area contributed by atoms with Gasteiger partial charge in [-0.3, -0.25) is 4.98 Å². The number of aromatic nitrogens is 3. The molecule has 27 heavy (non-hydrogen) atoms. The van der Waals surface area contributed by atoms with E-state index in [1.165, 1.54) is 6.33 Å². The van der Waals surface area contributed by atoms with Gasteiger partial charge < -0.3 is 0 Å². The van der Waals surface area contributed by atoms with Crippen LogP contribution in [-0.2, 0) is 0 Å². The first-order valence-corrected chi connectivity index (χ1v) is 9.39. The van der Waals surface area contributed by atoms with Gasteiger partial charge in [0.05, 0.1) is 21.9 Å². The third-order valence-corrected chi connectivity index (χ3v) is 5.15. The molecule has 0 fully saturated rings. The van der Waals surface area contributed by atoms with Crippen LogP contribution in [0.25, 0.3) is 33.4 Å². The van der Waals surface area contributed by atoms with E-state index in [1.54, 1.807) is 18.3 Å². The maximum absolute atomic E-state index is 14.4. The van der Waals surface area contributed by atoms with Crippen LogP contribution >= 0.6 is 39.9 Å². The number of halogens is 5. The second-order valence-electron chi connectivity index (χ2n) is 5.64. The molecule has 9 heteroatoms. The van der Waals surface area contributed by atoms with Crippen molar-refractivity contribution in [3.63, 3.8) is 0 Å². The lowest BCUT2D eigenvalue weighted by Gasteiger charge is -2.09. The van der Waals surface area contributed by atoms with Gasteiger partial charge in [-0.15, -0.1) is 3.89 Å². The Morgan fingerprint density at radius 1 is 1.04 bits per heavy atom. The van der Waals surface area contributed by atoms with E-state index in [0.29, 0.717) is 17.3 Å². The summed E-state index contributed by atoms with van der Waals surface area (Å²) < 4.78 is 43.2. The molecule has 0 bridgehead atoms. The van der Waals surface area contributed by atoms with E-state index in [9.17, 15) is 12.7 Å². The summed E-state index contributed by atoms with van der Waals surface area (Å²) in [6.07, 6.45) is 2.91. The highest BCUT2D eigenvalue weighted by Crippen LogP contribution is 2.38. The molecule has 0 aliphatic heterocycles. The monoisotopic (exact) mass is 469 g/mol. The lowest BCUT2D eigenvalue weighted by atomic mass is 10.0. The smallest absolute Gasteiger partial charge is 0.171 e. The minimum absolute atomic E-state index is 0.0495. The molecule has 0 saturated carbocycles. The molecule has 0 spiro atoms. The van der Waals surface area contributed by atoms with Gasteiger partial charge >= 0.3 is 0 Å². The number of fused-ring (bicyclic) bond motifs is 1. The highest BCUT2D eigenvalue weighted by Gasteiger charge is 2.21. The summed E-state index contributed by atoms with van der Waals surface area (Å²) >= 11 is 9.04. The predicted octanol–water partition coefficient (Wildman–Crippen LogP) is 6.84. The zero-order valence-electron chi connectivity index (χ0n) is 13.3. The van der Waals surface area contributed by atoms with Gasteiger partial charge in [-0.1, -0.05) is 17.7 Å². The first-order valence-electron chi connectivity index (χ1n) is 7.55. The molecule has 4 aromatic rings. The highest BCUT2D eigenvalue weighted by molar-refractivity contribution is 9.10. The minimum Gasteiger partial charge on any atom is -0.255 e. The number of rotatable bonds is 3. The van der Waals surface area contributed by atoms with E-state index in [2.05, 4.69) is 25.9 Å². The zero-order chi connectivity index (χ0) is 19.1. The van der Waals surface area contributed by atoms with Crippen molar-refractivity contribution in [1.29, 1.82) is 0 Å².